The topological polar surface area (TPSA) is 168 Å². The molecule has 0 bridgehead atoms. The Morgan fingerprint density at radius 2 is 1.06 bits per heavy atom. The van der Waals surface area contributed by atoms with Gasteiger partial charge in [0.1, 0.15) is 5.75 Å². The lowest BCUT2D eigenvalue weighted by Crippen LogP contribution is -2.26. The molecule has 8 aromatic rings. The van der Waals surface area contributed by atoms with Crippen molar-refractivity contribution in [2.45, 2.75) is 32.2 Å². The Kier molecular flexibility index (Phi) is 11.8. The second-order valence-electron chi connectivity index (χ2n) is 16.1. The number of rotatable bonds is 12. The SMILES string of the molecule is CN(C(=O)c1ccc(-c2cccc3nc(NC(=O)C4CC4)nn23)cc1)c1ccccc1.COc1ccc(CN(C)C(=O)c2ccc(-c3cccc4nc(NC(=O)C5CC5)nn34)cc2)cc1. The van der Waals surface area contributed by atoms with Crippen LogP contribution in [0.15, 0.2) is 140 Å². The summed E-state index contributed by atoms with van der Waals surface area (Å²) in [5.41, 5.74) is 7.78. The maximum absolute atomic E-state index is 12.9. The molecule has 4 amide bonds. The highest BCUT2D eigenvalue weighted by molar-refractivity contribution is 6.06. The van der Waals surface area contributed by atoms with Gasteiger partial charge in [-0.2, -0.15) is 9.97 Å². The van der Waals surface area contributed by atoms with E-state index in [-0.39, 0.29) is 35.5 Å². The minimum Gasteiger partial charge on any atom is -0.497 e. The van der Waals surface area contributed by atoms with Crippen LogP contribution >= 0.6 is 0 Å². The van der Waals surface area contributed by atoms with E-state index in [4.69, 9.17) is 4.74 Å². The smallest absolute Gasteiger partial charge is 0.258 e. The number of aromatic nitrogens is 6. The van der Waals surface area contributed by atoms with Crippen LogP contribution in [0.3, 0.4) is 0 Å². The fraction of sp³-hybridized carbons (Fsp3) is 0.200. The molecule has 2 saturated carbocycles. The van der Waals surface area contributed by atoms with Crippen molar-refractivity contribution in [3.63, 3.8) is 0 Å². The van der Waals surface area contributed by atoms with Gasteiger partial charge in [-0.3, -0.25) is 29.8 Å². The number of fused-ring (bicyclic) bond motifs is 2. The summed E-state index contributed by atoms with van der Waals surface area (Å²) in [6, 6.07) is 43.4. The van der Waals surface area contributed by atoms with Crippen molar-refractivity contribution >= 4 is 52.5 Å². The average molecular weight is 867 g/mol. The molecule has 0 radical (unpaired) electrons. The van der Waals surface area contributed by atoms with Gasteiger partial charge in [-0.15, -0.1) is 10.2 Å². The van der Waals surface area contributed by atoms with E-state index in [0.717, 1.165) is 65.2 Å². The normalized spacial score (nSPS) is 13.1. The number of ether oxygens (including phenoxy) is 1. The Morgan fingerprint density at radius 3 is 1.52 bits per heavy atom. The lowest BCUT2D eigenvalue weighted by atomic mass is 10.1. The molecular weight excluding hydrogens is 821 g/mol. The van der Waals surface area contributed by atoms with E-state index in [2.05, 4.69) is 30.8 Å². The molecule has 4 heterocycles. The van der Waals surface area contributed by atoms with Crippen LogP contribution in [0.5, 0.6) is 5.75 Å². The number of carbonyl (C=O) groups excluding carboxylic acids is 4. The summed E-state index contributed by atoms with van der Waals surface area (Å²) in [7, 11) is 5.18. The number of nitrogens with zero attached hydrogens (tertiary/aromatic N) is 8. The maximum Gasteiger partial charge on any atom is 0.258 e. The molecule has 4 aromatic heterocycles. The van der Waals surface area contributed by atoms with Gasteiger partial charge in [0.05, 0.1) is 18.5 Å². The maximum atomic E-state index is 12.9. The van der Waals surface area contributed by atoms with Gasteiger partial charge in [0.2, 0.25) is 23.7 Å². The van der Waals surface area contributed by atoms with Crippen molar-refractivity contribution in [2.75, 3.05) is 36.7 Å². The van der Waals surface area contributed by atoms with E-state index in [0.29, 0.717) is 40.9 Å². The van der Waals surface area contributed by atoms with Crippen molar-refractivity contribution in [3.8, 4) is 28.3 Å². The first-order valence-corrected chi connectivity index (χ1v) is 21.4. The molecule has 15 heteroatoms. The van der Waals surface area contributed by atoms with Crippen molar-refractivity contribution in [1.82, 2.24) is 34.1 Å². The van der Waals surface area contributed by atoms with Crippen LogP contribution in [-0.2, 0) is 16.1 Å². The van der Waals surface area contributed by atoms with Gasteiger partial charge in [-0.25, -0.2) is 9.03 Å². The summed E-state index contributed by atoms with van der Waals surface area (Å²) in [6.07, 6.45) is 3.69. The fourth-order valence-electron chi connectivity index (χ4n) is 7.30. The monoisotopic (exact) mass is 866 g/mol. The molecule has 2 fully saturated rings. The van der Waals surface area contributed by atoms with Crippen molar-refractivity contribution in [1.29, 1.82) is 0 Å². The Labute approximate surface area is 374 Å². The number of carbonyl (C=O) groups is 4. The summed E-state index contributed by atoms with van der Waals surface area (Å²) in [4.78, 5) is 62.0. The zero-order valence-corrected chi connectivity index (χ0v) is 36.1. The zero-order chi connectivity index (χ0) is 45.0. The van der Waals surface area contributed by atoms with Gasteiger partial charge in [-0.05, 0) is 104 Å². The molecule has 0 atom stereocenters. The molecule has 10 rings (SSSR count). The van der Waals surface area contributed by atoms with Crippen LogP contribution in [0.4, 0.5) is 17.6 Å². The zero-order valence-electron chi connectivity index (χ0n) is 36.1. The summed E-state index contributed by atoms with van der Waals surface area (Å²) in [6.45, 7) is 0.498. The van der Waals surface area contributed by atoms with Crippen LogP contribution in [0.1, 0.15) is 52.0 Å². The minimum atomic E-state index is -0.0817. The van der Waals surface area contributed by atoms with Crippen molar-refractivity contribution in [2.24, 2.45) is 11.8 Å². The number of methoxy groups -OCH3 is 1. The Morgan fingerprint density at radius 1 is 0.585 bits per heavy atom. The van der Waals surface area contributed by atoms with Gasteiger partial charge >= 0.3 is 0 Å². The standard InChI is InChI=1S/C26H25N5O3.C24H21N5O2/c1-30(16-17-6-14-21(34-2)15-7-17)25(33)20-12-8-18(9-13-20)22-4-3-5-23-27-26(29-31(22)23)28-24(32)19-10-11-19;1-28(19-6-3-2-4-7-19)23(31)18-14-10-16(11-15-18)20-8-5-9-21-25-24(27-29(20)21)26-22(30)17-12-13-17/h3-9,12-15,19H,10-11,16H2,1-2H3,(H,28,29,32);2-11,14-15,17H,12-13H2,1H3,(H,26,27,30). The van der Waals surface area contributed by atoms with E-state index in [1.54, 1.807) is 40.0 Å². The largest absolute Gasteiger partial charge is 0.497 e. The molecule has 326 valence electrons. The van der Waals surface area contributed by atoms with Crippen LogP contribution in [-0.4, -0.2) is 78.9 Å². The lowest BCUT2D eigenvalue weighted by Gasteiger charge is -2.18. The van der Waals surface area contributed by atoms with Crippen LogP contribution in [0.25, 0.3) is 33.8 Å². The average Bonchev–Trinajstić information content (AvgIpc) is 4.29. The third-order valence-electron chi connectivity index (χ3n) is 11.3. The highest BCUT2D eigenvalue weighted by Crippen LogP contribution is 2.31. The number of benzene rings is 4. The predicted molar refractivity (Wildman–Crippen MR) is 248 cm³/mol. The predicted octanol–water partition coefficient (Wildman–Crippen LogP) is 8.05. The number of para-hydroxylation sites is 1. The summed E-state index contributed by atoms with van der Waals surface area (Å²) >= 11 is 0. The second-order valence-corrected chi connectivity index (χ2v) is 16.1. The van der Waals surface area contributed by atoms with E-state index in [1.807, 2.05) is 140 Å². The number of hydrogen-bond donors (Lipinski definition) is 2. The first-order valence-electron chi connectivity index (χ1n) is 21.4. The van der Waals surface area contributed by atoms with E-state index >= 15 is 0 Å². The Hall–Kier alpha value is -8.20. The number of anilines is 3. The minimum absolute atomic E-state index is 0.0251. The molecule has 4 aromatic carbocycles. The highest BCUT2D eigenvalue weighted by atomic mass is 16.5. The van der Waals surface area contributed by atoms with Crippen molar-refractivity contribution < 1.29 is 23.9 Å². The molecule has 2 aliphatic carbocycles. The molecule has 2 N–H and O–H groups in total. The van der Waals surface area contributed by atoms with E-state index in [1.165, 1.54) is 0 Å². The van der Waals surface area contributed by atoms with Gasteiger partial charge in [0, 0.05) is 60.4 Å². The molecule has 0 unspecified atom stereocenters. The highest BCUT2D eigenvalue weighted by Gasteiger charge is 2.31. The summed E-state index contributed by atoms with van der Waals surface area (Å²) in [5.74, 6) is 1.37. The molecule has 0 saturated heterocycles. The quantitative estimate of drug-likeness (QED) is 0.123. The van der Waals surface area contributed by atoms with E-state index < -0.39 is 0 Å². The number of hydrogen-bond acceptors (Lipinski definition) is 9. The summed E-state index contributed by atoms with van der Waals surface area (Å²) in [5, 5.41) is 14.5. The molecule has 0 spiro atoms. The molecule has 65 heavy (non-hydrogen) atoms. The number of nitrogens with one attached hydrogen (secondary N) is 2. The van der Waals surface area contributed by atoms with Gasteiger partial charge in [-0.1, -0.05) is 66.7 Å². The third-order valence-corrected chi connectivity index (χ3v) is 11.3. The van der Waals surface area contributed by atoms with Gasteiger partial charge in [0.15, 0.2) is 11.3 Å². The molecular formula is C50H46N10O5. The Balaban J connectivity index is 0.000000165. The summed E-state index contributed by atoms with van der Waals surface area (Å²) < 4.78 is 8.59. The number of amides is 4. The fourth-order valence-corrected chi connectivity index (χ4v) is 7.30. The van der Waals surface area contributed by atoms with Crippen LogP contribution < -0.4 is 20.3 Å². The molecule has 2 aliphatic rings. The first-order chi connectivity index (χ1) is 31.6. The Bertz CT molecular complexity index is 3010. The molecule has 0 aliphatic heterocycles. The van der Waals surface area contributed by atoms with Crippen LogP contribution in [0, 0.1) is 11.8 Å². The second kappa shape index (κ2) is 18.3. The van der Waals surface area contributed by atoms with Crippen molar-refractivity contribution in [3.05, 3.63) is 156 Å². The number of pyridine rings is 2. The van der Waals surface area contributed by atoms with E-state index in [9.17, 15) is 19.2 Å². The third kappa shape index (κ3) is 9.59. The van der Waals surface area contributed by atoms with Gasteiger partial charge in [0.25, 0.3) is 11.8 Å². The first kappa shape index (κ1) is 42.1. The lowest BCUT2D eigenvalue weighted by molar-refractivity contribution is -0.118. The van der Waals surface area contributed by atoms with Crippen LogP contribution in [0.2, 0.25) is 0 Å². The molecule has 15 nitrogen and oxygen atoms in total. The van der Waals surface area contributed by atoms with Gasteiger partial charge < -0.3 is 14.5 Å².